The first kappa shape index (κ1) is 18.1. The highest BCUT2D eigenvalue weighted by atomic mass is 32.2. The van der Waals surface area contributed by atoms with Gasteiger partial charge in [0.05, 0.1) is 0 Å². The molecule has 0 saturated carbocycles. The average molecular weight is 313 g/mol. The minimum atomic E-state index is -3.53. The number of nitrogens with one attached hydrogen (secondary N) is 2. The SMILES string of the molecule is CCCNCc1ccc(S(=O)(=O)NC(C)CC(C)C)nc1. The van der Waals surface area contributed by atoms with E-state index in [-0.39, 0.29) is 11.1 Å². The van der Waals surface area contributed by atoms with Crippen LogP contribution >= 0.6 is 0 Å². The van der Waals surface area contributed by atoms with Crippen molar-refractivity contribution in [2.24, 2.45) is 5.92 Å². The van der Waals surface area contributed by atoms with Gasteiger partial charge < -0.3 is 5.32 Å². The van der Waals surface area contributed by atoms with Crippen molar-refractivity contribution in [2.75, 3.05) is 6.54 Å². The molecule has 1 heterocycles. The maximum absolute atomic E-state index is 12.2. The quantitative estimate of drug-likeness (QED) is 0.686. The van der Waals surface area contributed by atoms with Gasteiger partial charge in [0.25, 0.3) is 10.0 Å². The van der Waals surface area contributed by atoms with E-state index in [9.17, 15) is 8.42 Å². The van der Waals surface area contributed by atoms with Crippen LogP contribution in [-0.2, 0) is 16.6 Å². The van der Waals surface area contributed by atoms with E-state index in [1.807, 2.05) is 6.92 Å². The Morgan fingerprint density at radius 3 is 2.48 bits per heavy atom. The molecule has 0 bridgehead atoms. The smallest absolute Gasteiger partial charge is 0.258 e. The molecule has 120 valence electrons. The highest BCUT2D eigenvalue weighted by Crippen LogP contribution is 2.10. The van der Waals surface area contributed by atoms with E-state index in [4.69, 9.17) is 0 Å². The molecule has 1 unspecified atom stereocenters. The Morgan fingerprint density at radius 1 is 1.24 bits per heavy atom. The zero-order chi connectivity index (χ0) is 15.9. The predicted molar refractivity (Wildman–Crippen MR) is 85.5 cm³/mol. The summed E-state index contributed by atoms with van der Waals surface area (Å²) in [5.74, 6) is 0.447. The molecule has 0 radical (unpaired) electrons. The molecule has 0 aliphatic carbocycles. The molecule has 0 fully saturated rings. The van der Waals surface area contributed by atoms with Crippen molar-refractivity contribution in [3.63, 3.8) is 0 Å². The Hall–Kier alpha value is -0.980. The topological polar surface area (TPSA) is 71.1 Å². The first-order chi connectivity index (χ1) is 9.85. The third kappa shape index (κ3) is 6.54. The van der Waals surface area contributed by atoms with Gasteiger partial charge in [-0.05, 0) is 43.9 Å². The highest BCUT2D eigenvalue weighted by molar-refractivity contribution is 7.89. The molecule has 21 heavy (non-hydrogen) atoms. The Bertz CT molecular complexity index is 512. The summed E-state index contributed by atoms with van der Waals surface area (Å²) >= 11 is 0. The van der Waals surface area contributed by atoms with Crippen molar-refractivity contribution in [2.45, 2.75) is 58.1 Å². The predicted octanol–water partition coefficient (Wildman–Crippen LogP) is 2.29. The fourth-order valence-corrected chi connectivity index (χ4v) is 3.35. The number of aromatic nitrogens is 1. The van der Waals surface area contributed by atoms with Gasteiger partial charge in [-0.25, -0.2) is 18.1 Å². The van der Waals surface area contributed by atoms with Crippen LogP contribution < -0.4 is 10.0 Å². The molecule has 0 aliphatic rings. The second-order valence-electron chi connectivity index (χ2n) is 5.83. The Kier molecular flexibility index (Phi) is 7.28. The number of hydrogen-bond acceptors (Lipinski definition) is 4. The van der Waals surface area contributed by atoms with Crippen LogP contribution in [0.2, 0.25) is 0 Å². The van der Waals surface area contributed by atoms with Gasteiger partial charge in [-0.1, -0.05) is 26.8 Å². The Morgan fingerprint density at radius 2 is 1.95 bits per heavy atom. The van der Waals surface area contributed by atoms with Gasteiger partial charge in [-0.3, -0.25) is 0 Å². The van der Waals surface area contributed by atoms with Crippen LogP contribution in [0.25, 0.3) is 0 Å². The van der Waals surface area contributed by atoms with Gasteiger partial charge in [0.1, 0.15) is 0 Å². The summed E-state index contributed by atoms with van der Waals surface area (Å²) in [6.45, 7) is 9.76. The molecule has 2 N–H and O–H groups in total. The summed E-state index contributed by atoms with van der Waals surface area (Å²) in [5.41, 5.74) is 0.984. The third-order valence-corrected chi connectivity index (χ3v) is 4.51. The van der Waals surface area contributed by atoms with Gasteiger partial charge in [-0.15, -0.1) is 0 Å². The van der Waals surface area contributed by atoms with Gasteiger partial charge in [-0.2, -0.15) is 0 Å². The molecule has 1 aromatic rings. The molecular formula is C15H27N3O2S. The lowest BCUT2D eigenvalue weighted by Crippen LogP contribution is -2.34. The average Bonchev–Trinajstić information content (AvgIpc) is 2.38. The van der Waals surface area contributed by atoms with E-state index in [0.29, 0.717) is 12.5 Å². The molecule has 5 nitrogen and oxygen atoms in total. The van der Waals surface area contributed by atoms with Crippen molar-refractivity contribution in [1.82, 2.24) is 15.0 Å². The first-order valence-electron chi connectivity index (χ1n) is 7.53. The molecular weight excluding hydrogens is 286 g/mol. The lowest BCUT2D eigenvalue weighted by molar-refractivity contribution is 0.481. The van der Waals surface area contributed by atoms with Crippen molar-refractivity contribution in [3.8, 4) is 0 Å². The fraction of sp³-hybridized carbons (Fsp3) is 0.667. The number of nitrogens with zero attached hydrogens (tertiary/aromatic N) is 1. The van der Waals surface area contributed by atoms with E-state index in [0.717, 1.165) is 24.9 Å². The monoisotopic (exact) mass is 313 g/mol. The Balaban J connectivity index is 2.66. The van der Waals surface area contributed by atoms with Crippen molar-refractivity contribution < 1.29 is 8.42 Å². The van der Waals surface area contributed by atoms with Gasteiger partial charge in [0, 0.05) is 18.8 Å². The number of pyridine rings is 1. The lowest BCUT2D eigenvalue weighted by Gasteiger charge is -2.15. The molecule has 6 heteroatoms. The molecule has 0 saturated heterocycles. The van der Waals surface area contributed by atoms with Crippen LogP contribution in [-0.4, -0.2) is 26.0 Å². The largest absolute Gasteiger partial charge is 0.313 e. The van der Waals surface area contributed by atoms with E-state index in [1.54, 1.807) is 18.3 Å². The normalized spacial score (nSPS) is 13.6. The minimum Gasteiger partial charge on any atom is -0.313 e. The maximum Gasteiger partial charge on any atom is 0.258 e. The van der Waals surface area contributed by atoms with Crippen LogP contribution in [0.1, 0.15) is 46.1 Å². The third-order valence-electron chi connectivity index (χ3n) is 3.01. The second-order valence-corrected chi connectivity index (χ2v) is 7.49. The summed E-state index contributed by atoms with van der Waals surface area (Å²) in [4.78, 5) is 4.07. The lowest BCUT2D eigenvalue weighted by atomic mass is 10.1. The van der Waals surface area contributed by atoms with Gasteiger partial charge in [0.15, 0.2) is 5.03 Å². The van der Waals surface area contributed by atoms with Gasteiger partial charge in [0.2, 0.25) is 0 Å². The molecule has 0 aromatic carbocycles. The fourth-order valence-electron chi connectivity index (χ4n) is 2.16. The minimum absolute atomic E-state index is 0.0809. The van der Waals surface area contributed by atoms with Crippen LogP contribution in [0.15, 0.2) is 23.4 Å². The molecule has 0 aliphatic heterocycles. The number of hydrogen-bond donors (Lipinski definition) is 2. The van der Waals surface area contributed by atoms with Crippen molar-refractivity contribution >= 4 is 10.0 Å². The van der Waals surface area contributed by atoms with E-state index in [2.05, 4.69) is 35.8 Å². The van der Waals surface area contributed by atoms with Crippen LogP contribution in [0.3, 0.4) is 0 Å². The molecule has 1 aromatic heterocycles. The van der Waals surface area contributed by atoms with Crippen LogP contribution in [0.5, 0.6) is 0 Å². The van der Waals surface area contributed by atoms with Gasteiger partial charge >= 0.3 is 0 Å². The first-order valence-corrected chi connectivity index (χ1v) is 9.01. The molecule has 0 spiro atoms. The summed E-state index contributed by atoms with van der Waals surface area (Å²) in [6, 6.07) is 3.27. The zero-order valence-corrected chi connectivity index (χ0v) is 14.2. The van der Waals surface area contributed by atoms with Crippen LogP contribution in [0, 0.1) is 5.92 Å². The maximum atomic E-state index is 12.2. The standard InChI is InChI=1S/C15H27N3O2S/c1-5-8-16-10-14-6-7-15(17-11-14)21(19,20)18-13(4)9-12(2)3/h6-7,11-13,16,18H,5,8-10H2,1-4H3. The van der Waals surface area contributed by atoms with E-state index < -0.39 is 10.0 Å². The van der Waals surface area contributed by atoms with E-state index >= 15 is 0 Å². The van der Waals surface area contributed by atoms with Crippen LogP contribution in [0.4, 0.5) is 0 Å². The molecule has 1 atom stereocenters. The summed E-state index contributed by atoms with van der Waals surface area (Å²) < 4.78 is 27.1. The van der Waals surface area contributed by atoms with Crippen molar-refractivity contribution in [1.29, 1.82) is 0 Å². The molecule has 0 amide bonds. The molecule has 1 rings (SSSR count). The summed E-state index contributed by atoms with van der Waals surface area (Å²) in [6.07, 6.45) is 3.49. The highest BCUT2D eigenvalue weighted by Gasteiger charge is 2.19. The second kappa shape index (κ2) is 8.46. The van der Waals surface area contributed by atoms with Crippen molar-refractivity contribution in [3.05, 3.63) is 23.9 Å². The number of rotatable bonds is 9. The summed E-state index contributed by atoms with van der Waals surface area (Å²) in [7, 11) is -3.53. The van der Waals surface area contributed by atoms with E-state index in [1.165, 1.54) is 0 Å². The zero-order valence-electron chi connectivity index (χ0n) is 13.4. The number of sulfonamides is 1. The Labute approximate surface area is 128 Å². The summed E-state index contributed by atoms with van der Waals surface area (Å²) in [5, 5.41) is 3.34.